The van der Waals surface area contributed by atoms with E-state index in [0.29, 0.717) is 5.41 Å². The first-order chi connectivity index (χ1) is 9.54. The summed E-state index contributed by atoms with van der Waals surface area (Å²) in [5.41, 5.74) is 0.678. The minimum Gasteiger partial charge on any atom is -0.0625 e. The highest BCUT2D eigenvalue weighted by Gasteiger charge is 2.52. The molecule has 3 aliphatic carbocycles. The van der Waals surface area contributed by atoms with Crippen molar-refractivity contribution >= 4 is 0 Å². The van der Waals surface area contributed by atoms with Gasteiger partial charge < -0.3 is 0 Å². The maximum atomic E-state index is 2.69. The van der Waals surface area contributed by atoms with E-state index in [-0.39, 0.29) is 0 Å². The molecule has 0 amide bonds. The Morgan fingerprint density at radius 2 is 1.65 bits per heavy atom. The molecule has 1 unspecified atom stereocenters. The summed E-state index contributed by atoms with van der Waals surface area (Å²) in [4.78, 5) is 0. The zero-order valence-corrected chi connectivity index (χ0v) is 14.3. The molecule has 0 aromatic carbocycles. The maximum absolute atomic E-state index is 2.69. The molecule has 0 spiro atoms. The summed E-state index contributed by atoms with van der Waals surface area (Å²) in [6.45, 7) is 10.3. The summed E-state index contributed by atoms with van der Waals surface area (Å²) < 4.78 is 0. The van der Waals surface area contributed by atoms with Crippen molar-refractivity contribution in [3.8, 4) is 0 Å². The number of fused-ring (bicyclic) bond motifs is 1. The molecule has 0 radical (unpaired) electrons. The van der Waals surface area contributed by atoms with E-state index in [1.165, 1.54) is 44.9 Å². The number of hydrogen-bond acceptors (Lipinski definition) is 0. The Bertz CT molecular complexity index is 331. The van der Waals surface area contributed by atoms with Gasteiger partial charge in [0.25, 0.3) is 0 Å². The van der Waals surface area contributed by atoms with Gasteiger partial charge in [0.15, 0.2) is 0 Å². The molecule has 20 heavy (non-hydrogen) atoms. The molecular weight excluding hydrogens is 240 g/mol. The Hall–Kier alpha value is 0. The minimum atomic E-state index is 0.678. The van der Waals surface area contributed by atoms with Gasteiger partial charge in [-0.2, -0.15) is 0 Å². The molecule has 3 fully saturated rings. The van der Waals surface area contributed by atoms with Crippen LogP contribution in [0.5, 0.6) is 0 Å². The first kappa shape index (κ1) is 14.9. The van der Waals surface area contributed by atoms with E-state index in [4.69, 9.17) is 0 Å². The summed E-state index contributed by atoms with van der Waals surface area (Å²) in [5, 5.41) is 0. The van der Waals surface area contributed by atoms with Crippen LogP contribution in [-0.2, 0) is 0 Å². The zero-order chi connectivity index (χ0) is 14.3. The van der Waals surface area contributed by atoms with Crippen molar-refractivity contribution in [2.45, 2.75) is 85.5 Å². The van der Waals surface area contributed by atoms with Crippen LogP contribution in [0.15, 0.2) is 0 Å². The van der Waals surface area contributed by atoms with E-state index in [1.807, 2.05) is 0 Å². The SMILES string of the molecule is CC1CCC[C@H]1[C@@H]1CC[C@H]2CCCC[C@]2(C)[C@H]1C(C)C. The van der Waals surface area contributed by atoms with E-state index in [2.05, 4.69) is 27.7 Å². The highest BCUT2D eigenvalue weighted by atomic mass is 14.6. The normalized spacial score (nSPS) is 49.4. The fourth-order valence-electron chi connectivity index (χ4n) is 6.95. The molecule has 0 aromatic rings. The Morgan fingerprint density at radius 1 is 0.850 bits per heavy atom. The Kier molecular flexibility index (Phi) is 4.22. The molecule has 3 saturated carbocycles. The Morgan fingerprint density at radius 3 is 2.30 bits per heavy atom. The largest absolute Gasteiger partial charge is 0.0625 e. The van der Waals surface area contributed by atoms with Crippen molar-refractivity contribution in [1.82, 2.24) is 0 Å². The van der Waals surface area contributed by atoms with Crippen LogP contribution in [0.2, 0.25) is 0 Å². The molecule has 116 valence electrons. The number of rotatable bonds is 2. The lowest BCUT2D eigenvalue weighted by Crippen LogP contribution is -2.49. The number of hydrogen-bond donors (Lipinski definition) is 0. The first-order valence-corrected chi connectivity index (χ1v) is 9.54. The van der Waals surface area contributed by atoms with E-state index in [0.717, 1.165) is 35.5 Å². The average molecular weight is 277 g/mol. The second kappa shape index (κ2) is 5.65. The van der Waals surface area contributed by atoms with Crippen LogP contribution in [0.4, 0.5) is 0 Å². The zero-order valence-electron chi connectivity index (χ0n) is 14.3. The van der Waals surface area contributed by atoms with Gasteiger partial charge in [-0.3, -0.25) is 0 Å². The van der Waals surface area contributed by atoms with Crippen molar-refractivity contribution in [3.63, 3.8) is 0 Å². The predicted octanol–water partition coefficient (Wildman–Crippen LogP) is 6.30. The van der Waals surface area contributed by atoms with Crippen LogP contribution in [0, 0.1) is 40.9 Å². The molecule has 0 heterocycles. The molecule has 6 atom stereocenters. The van der Waals surface area contributed by atoms with Crippen LogP contribution in [0.25, 0.3) is 0 Å². The van der Waals surface area contributed by atoms with Gasteiger partial charge in [-0.25, -0.2) is 0 Å². The smallest absolute Gasteiger partial charge is 0.0264 e. The van der Waals surface area contributed by atoms with Crippen LogP contribution in [0.3, 0.4) is 0 Å². The van der Waals surface area contributed by atoms with Crippen LogP contribution in [0.1, 0.15) is 85.5 Å². The third-order valence-corrected chi connectivity index (χ3v) is 7.72. The molecule has 0 saturated heterocycles. The van der Waals surface area contributed by atoms with Crippen molar-refractivity contribution in [2.75, 3.05) is 0 Å². The molecule has 0 aliphatic heterocycles. The molecule has 3 rings (SSSR count). The van der Waals surface area contributed by atoms with E-state index >= 15 is 0 Å². The Balaban J connectivity index is 1.87. The molecule has 0 bridgehead atoms. The van der Waals surface area contributed by atoms with Crippen molar-refractivity contribution < 1.29 is 0 Å². The minimum absolute atomic E-state index is 0.678. The molecular formula is C20H36. The van der Waals surface area contributed by atoms with E-state index in [9.17, 15) is 0 Å². The van der Waals surface area contributed by atoms with Gasteiger partial charge in [0.1, 0.15) is 0 Å². The average Bonchev–Trinajstić information content (AvgIpc) is 2.82. The third kappa shape index (κ3) is 2.35. The fourth-order valence-corrected chi connectivity index (χ4v) is 6.95. The second-order valence-electron chi connectivity index (χ2n) is 9.03. The van der Waals surface area contributed by atoms with E-state index < -0.39 is 0 Å². The van der Waals surface area contributed by atoms with Gasteiger partial charge in [-0.15, -0.1) is 0 Å². The van der Waals surface area contributed by atoms with Gasteiger partial charge in [-0.05, 0) is 73.0 Å². The highest BCUT2D eigenvalue weighted by molar-refractivity contribution is 5.01. The Labute approximate surface area is 127 Å². The topological polar surface area (TPSA) is 0 Å². The van der Waals surface area contributed by atoms with Gasteiger partial charge in [0, 0.05) is 0 Å². The highest BCUT2D eigenvalue weighted by Crippen LogP contribution is 2.60. The van der Waals surface area contributed by atoms with Gasteiger partial charge in [0.2, 0.25) is 0 Å². The summed E-state index contributed by atoms with van der Waals surface area (Å²) in [6, 6.07) is 0. The van der Waals surface area contributed by atoms with Crippen molar-refractivity contribution in [1.29, 1.82) is 0 Å². The summed E-state index contributed by atoms with van der Waals surface area (Å²) >= 11 is 0. The summed E-state index contributed by atoms with van der Waals surface area (Å²) in [6.07, 6.45) is 13.7. The molecule has 0 heteroatoms. The molecule has 0 nitrogen and oxygen atoms in total. The standard InChI is InChI=1S/C20H36/c1-14(2)19-18(17-10-7-8-15(17)3)12-11-16-9-5-6-13-20(16,19)4/h14-19H,5-13H2,1-4H3/t15?,16-,17-,18+,19+,20+/m1/s1. The fraction of sp³-hybridized carbons (Fsp3) is 1.00. The van der Waals surface area contributed by atoms with Crippen molar-refractivity contribution in [3.05, 3.63) is 0 Å². The molecule has 0 N–H and O–H groups in total. The second-order valence-corrected chi connectivity index (χ2v) is 9.03. The van der Waals surface area contributed by atoms with Crippen molar-refractivity contribution in [2.24, 2.45) is 40.9 Å². The quantitative estimate of drug-likeness (QED) is 0.555. The van der Waals surface area contributed by atoms with Crippen LogP contribution in [-0.4, -0.2) is 0 Å². The maximum Gasteiger partial charge on any atom is -0.0264 e. The third-order valence-electron chi connectivity index (χ3n) is 7.72. The first-order valence-electron chi connectivity index (χ1n) is 9.54. The lowest BCUT2D eigenvalue weighted by Gasteiger charge is -2.57. The van der Waals surface area contributed by atoms with Gasteiger partial charge in [0.05, 0.1) is 0 Å². The molecule has 3 aliphatic rings. The summed E-state index contributed by atoms with van der Waals surface area (Å²) in [5.74, 6) is 6.06. The predicted molar refractivity (Wildman–Crippen MR) is 87.6 cm³/mol. The monoisotopic (exact) mass is 276 g/mol. The molecule has 0 aromatic heterocycles. The van der Waals surface area contributed by atoms with Crippen LogP contribution >= 0.6 is 0 Å². The van der Waals surface area contributed by atoms with Gasteiger partial charge >= 0.3 is 0 Å². The summed E-state index contributed by atoms with van der Waals surface area (Å²) in [7, 11) is 0. The van der Waals surface area contributed by atoms with Gasteiger partial charge in [-0.1, -0.05) is 53.4 Å². The van der Waals surface area contributed by atoms with E-state index in [1.54, 1.807) is 12.8 Å². The lowest BCUT2D eigenvalue weighted by molar-refractivity contribution is -0.0792. The lowest BCUT2D eigenvalue weighted by atomic mass is 9.48. The van der Waals surface area contributed by atoms with Crippen LogP contribution < -0.4 is 0 Å².